The third kappa shape index (κ3) is 4.19. The molecular formula is C11H13BrClN3O2. The van der Waals surface area contributed by atoms with Crippen LogP contribution in [0.1, 0.15) is 23.7 Å². The molecule has 1 atom stereocenters. The summed E-state index contributed by atoms with van der Waals surface area (Å²) in [5.41, 5.74) is 5.80. The Morgan fingerprint density at radius 1 is 1.67 bits per heavy atom. The predicted octanol–water partition coefficient (Wildman–Crippen LogP) is 2.36. The molecule has 7 heteroatoms. The number of hydrogen-bond donors (Lipinski definition) is 3. The van der Waals surface area contributed by atoms with Gasteiger partial charge < -0.3 is 16.3 Å². The van der Waals surface area contributed by atoms with Gasteiger partial charge in [0.15, 0.2) is 0 Å². The van der Waals surface area contributed by atoms with Crippen LogP contribution >= 0.6 is 27.5 Å². The summed E-state index contributed by atoms with van der Waals surface area (Å²) in [4.78, 5) is 12.0. The van der Waals surface area contributed by atoms with Gasteiger partial charge in [0, 0.05) is 22.0 Å². The van der Waals surface area contributed by atoms with Crippen LogP contribution in [0.5, 0.6) is 0 Å². The Kier molecular flexibility index (Phi) is 5.43. The molecule has 1 amide bonds. The molecule has 1 rings (SSSR count). The Morgan fingerprint density at radius 3 is 2.94 bits per heavy atom. The SMILES string of the molecule is CC(C/C(N)=N/O)NC(=O)c1cc(Cl)ccc1Br. The van der Waals surface area contributed by atoms with E-state index in [1.54, 1.807) is 25.1 Å². The number of nitrogens with zero attached hydrogens (tertiary/aromatic N) is 1. The molecule has 0 heterocycles. The largest absolute Gasteiger partial charge is 0.409 e. The monoisotopic (exact) mass is 333 g/mol. The molecule has 0 fully saturated rings. The zero-order chi connectivity index (χ0) is 13.7. The Bertz CT molecular complexity index is 479. The normalized spacial score (nSPS) is 13.2. The van der Waals surface area contributed by atoms with Crippen LogP contribution in [-0.4, -0.2) is 23.0 Å². The maximum atomic E-state index is 12.0. The highest BCUT2D eigenvalue weighted by atomic mass is 79.9. The minimum absolute atomic E-state index is 0.0629. The van der Waals surface area contributed by atoms with E-state index < -0.39 is 0 Å². The van der Waals surface area contributed by atoms with Gasteiger partial charge in [-0.15, -0.1) is 0 Å². The zero-order valence-corrected chi connectivity index (χ0v) is 12.0. The maximum Gasteiger partial charge on any atom is 0.252 e. The molecule has 1 unspecified atom stereocenters. The molecule has 4 N–H and O–H groups in total. The van der Waals surface area contributed by atoms with Crippen molar-refractivity contribution >= 4 is 39.3 Å². The number of oxime groups is 1. The Morgan fingerprint density at radius 2 is 2.33 bits per heavy atom. The summed E-state index contributed by atoms with van der Waals surface area (Å²) in [6, 6.07) is 4.70. The second kappa shape index (κ2) is 6.61. The van der Waals surface area contributed by atoms with Gasteiger partial charge in [0.2, 0.25) is 0 Å². The molecule has 98 valence electrons. The van der Waals surface area contributed by atoms with Crippen molar-refractivity contribution in [3.05, 3.63) is 33.3 Å². The van der Waals surface area contributed by atoms with E-state index in [4.69, 9.17) is 22.5 Å². The molecule has 0 spiro atoms. The van der Waals surface area contributed by atoms with E-state index in [9.17, 15) is 4.79 Å². The second-order valence-electron chi connectivity index (χ2n) is 3.79. The van der Waals surface area contributed by atoms with Crippen molar-refractivity contribution in [3.63, 3.8) is 0 Å². The number of carbonyl (C=O) groups is 1. The van der Waals surface area contributed by atoms with Crippen molar-refractivity contribution in [2.45, 2.75) is 19.4 Å². The predicted molar refractivity (Wildman–Crippen MR) is 74.1 cm³/mol. The van der Waals surface area contributed by atoms with E-state index in [1.165, 1.54) is 0 Å². The number of amides is 1. The molecular weight excluding hydrogens is 321 g/mol. The first-order valence-electron chi connectivity index (χ1n) is 5.16. The maximum absolute atomic E-state index is 12.0. The van der Waals surface area contributed by atoms with Crippen LogP contribution in [0, 0.1) is 0 Å². The molecule has 0 radical (unpaired) electrons. The van der Waals surface area contributed by atoms with Crippen molar-refractivity contribution < 1.29 is 10.0 Å². The highest BCUT2D eigenvalue weighted by molar-refractivity contribution is 9.10. The number of benzene rings is 1. The van der Waals surface area contributed by atoms with Crippen molar-refractivity contribution in [1.29, 1.82) is 0 Å². The van der Waals surface area contributed by atoms with Crippen molar-refractivity contribution in [2.75, 3.05) is 0 Å². The number of hydrogen-bond acceptors (Lipinski definition) is 3. The van der Waals surface area contributed by atoms with Gasteiger partial charge in [0.05, 0.1) is 5.56 Å². The van der Waals surface area contributed by atoms with Crippen molar-refractivity contribution in [1.82, 2.24) is 5.32 Å². The van der Waals surface area contributed by atoms with Crippen LogP contribution in [0.4, 0.5) is 0 Å². The molecule has 0 bridgehead atoms. The van der Waals surface area contributed by atoms with E-state index >= 15 is 0 Å². The number of carbonyl (C=O) groups excluding carboxylic acids is 1. The average molecular weight is 335 g/mol. The fourth-order valence-corrected chi connectivity index (χ4v) is 1.98. The van der Waals surface area contributed by atoms with Crippen LogP contribution in [0.2, 0.25) is 5.02 Å². The van der Waals surface area contributed by atoms with Crippen LogP contribution in [0.25, 0.3) is 0 Å². The van der Waals surface area contributed by atoms with Gasteiger partial charge in [0.1, 0.15) is 5.84 Å². The van der Waals surface area contributed by atoms with Crippen molar-refractivity contribution in [3.8, 4) is 0 Å². The summed E-state index contributed by atoms with van der Waals surface area (Å²) in [6.07, 6.45) is 0.264. The Labute approximate surface area is 118 Å². The van der Waals surface area contributed by atoms with Gasteiger partial charge in [-0.05, 0) is 41.1 Å². The Balaban J connectivity index is 2.73. The molecule has 0 aromatic heterocycles. The number of halogens is 2. The quantitative estimate of drug-likeness (QED) is 0.342. The molecule has 0 aliphatic heterocycles. The molecule has 0 saturated carbocycles. The lowest BCUT2D eigenvalue weighted by atomic mass is 10.1. The standard InChI is InChI=1S/C11H13BrClN3O2/c1-6(4-10(14)16-18)15-11(17)8-5-7(13)2-3-9(8)12/h2-3,5-6,18H,4H2,1H3,(H2,14,16)(H,15,17). The molecule has 0 aliphatic rings. The summed E-state index contributed by atoms with van der Waals surface area (Å²) < 4.78 is 0.653. The first-order valence-corrected chi connectivity index (χ1v) is 6.33. The third-order valence-electron chi connectivity index (χ3n) is 2.19. The second-order valence-corrected chi connectivity index (χ2v) is 5.08. The molecule has 5 nitrogen and oxygen atoms in total. The van der Waals surface area contributed by atoms with E-state index in [2.05, 4.69) is 26.4 Å². The fraction of sp³-hybridized carbons (Fsp3) is 0.273. The molecule has 0 aliphatic carbocycles. The van der Waals surface area contributed by atoms with Gasteiger partial charge in [-0.2, -0.15) is 0 Å². The van der Waals surface area contributed by atoms with Gasteiger partial charge >= 0.3 is 0 Å². The minimum Gasteiger partial charge on any atom is -0.409 e. The van der Waals surface area contributed by atoms with Gasteiger partial charge in [-0.25, -0.2) is 0 Å². The summed E-state index contributed by atoms with van der Waals surface area (Å²) in [5, 5.41) is 14.5. The number of rotatable bonds is 4. The molecule has 0 saturated heterocycles. The van der Waals surface area contributed by atoms with Gasteiger partial charge in [0.25, 0.3) is 5.91 Å². The van der Waals surface area contributed by atoms with E-state index in [0.29, 0.717) is 15.1 Å². The average Bonchev–Trinajstić information content (AvgIpc) is 2.31. The van der Waals surface area contributed by atoms with Gasteiger partial charge in [-0.1, -0.05) is 16.8 Å². The van der Waals surface area contributed by atoms with Crippen LogP contribution in [0.3, 0.4) is 0 Å². The van der Waals surface area contributed by atoms with Crippen LogP contribution in [-0.2, 0) is 0 Å². The third-order valence-corrected chi connectivity index (χ3v) is 3.12. The number of nitrogens with one attached hydrogen (secondary N) is 1. The first-order chi connectivity index (χ1) is 8.43. The summed E-state index contributed by atoms with van der Waals surface area (Å²) in [6.45, 7) is 1.76. The number of amidine groups is 1. The summed E-state index contributed by atoms with van der Waals surface area (Å²) in [7, 11) is 0. The topological polar surface area (TPSA) is 87.7 Å². The summed E-state index contributed by atoms with van der Waals surface area (Å²) >= 11 is 9.11. The molecule has 1 aromatic rings. The molecule has 1 aromatic carbocycles. The van der Waals surface area contributed by atoms with Gasteiger partial charge in [-0.3, -0.25) is 4.79 Å². The van der Waals surface area contributed by atoms with Crippen LogP contribution in [0.15, 0.2) is 27.8 Å². The highest BCUT2D eigenvalue weighted by Crippen LogP contribution is 2.21. The lowest BCUT2D eigenvalue weighted by Gasteiger charge is -2.13. The fourth-order valence-electron chi connectivity index (χ4n) is 1.38. The van der Waals surface area contributed by atoms with Crippen LogP contribution < -0.4 is 11.1 Å². The minimum atomic E-state index is -0.275. The lowest BCUT2D eigenvalue weighted by molar-refractivity contribution is 0.0940. The molecule has 18 heavy (non-hydrogen) atoms. The zero-order valence-electron chi connectivity index (χ0n) is 9.65. The lowest BCUT2D eigenvalue weighted by Crippen LogP contribution is -2.36. The van der Waals surface area contributed by atoms with E-state index in [-0.39, 0.29) is 24.2 Å². The van der Waals surface area contributed by atoms with E-state index in [1.807, 2.05) is 0 Å². The number of nitrogens with two attached hydrogens (primary N) is 1. The van der Waals surface area contributed by atoms with Crippen molar-refractivity contribution in [2.24, 2.45) is 10.9 Å². The first kappa shape index (κ1) is 14.8. The highest BCUT2D eigenvalue weighted by Gasteiger charge is 2.14. The smallest absolute Gasteiger partial charge is 0.252 e. The van der Waals surface area contributed by atoms with E-state index in [0.717, 1.165) is 0 Å². The Hall–Kier alpha value is -1.27. The summed E-state index contributed by atoms with van der Waals surface area (Å²) in [5.74, 6) is -0.212.